The Morgan fingerprint density at radius 3 is 2.86 bits per heavy atom. The second kappa shape index (κ2) is 5.80. The fourth-order valence-electron chi connectivity index (χ4n) is 3.85. The van der Waals surface area contributed by atoms with Crippen molar-refractivity contribution < 1.29 is 4.79 Å². The van der Waals surface area contributed by atoms with Crippen molar-refractivity contribution >= 4 is 11.6 Å². The molecule has 0 bridgehead atoms. The minimum atomic E-state index is -0.260. The summed E-state index contributed by atoms with van der Waals surface area (Å²) in [6.07, 6.45) is 6.85. The molecular formula is C18H26N2O. The lowest BCUT2D eigenvalue weighted by Crippen LogP contribution is -2.46. The molecule has 1 fully saturated rings. The normalized spacial score (nSPS) is 26.2. The molecule has 1 atom stereocenters. The Morgan fingerprint density at radius 2 is 2.05 bits per heavy atom. The van der Waals surface area contributed by atoms with E-state index in [1.54, 1.807) is 0 Å². The Kier molecular flexibility index (Phi) is 4.03. The van der Waals surface area contributed by atoms with Crippen molar-refractivity contribution in [2.45, 2.75) is 45.4 Å². The number of amides is 1. The molecule has 1 aliphatic heterocycles. The summed E-state index contributed by atoms with van der Waals surface area (Å²) in [4.78, 5) is 15.1. The van der Waals surface area contributed by atoms with Gasteiger partial charge in [0.2, 0.25) is 5.91 Å². The molecule has 2 aliphatic rings. The molecule has 1 amide bonds. The van der Waals surface area contributed by atoms with Gasteiger partial charge in [0.15, 0.2) is 0 Å². The molecule has 114 valence electrons. The molecule has 3 rings (SSSR count). The number of nitrogens with zero attached hydrogens (tertiary/aromatic N) is 1. The molecule has 3 heteroatoms. The Labute approximate surface area is 127 Å². The first kappa shape index (κ1) is 14.6. The van der Waals surface area contributed by atoms with E-state index in [0.29, 0.717) is 0 Å². The maximum Gasteiger partial charge on any atom is 0.231 e. The lowest BCUT2D eigenvalue weighted by atomic mass is 9.81. The summed E-state index contributed by atoms with van der Waals surface area (Å²) in [6.45, 7) is 4.06. The number of anilines is 1. The van der Waals surface area contributed by atoms with Crippen LogP contribution in [0.15, 0.2) is 18.2 Å². The number of benzene rings is 1. The Hall–Kier alpha value is -1.35. The van der Waals surface area contributed by atoms with Crippen LogP contribution in [0.3, 0.4) is 0 Å². The van der Waals surface area contributed by atoms with Crippen LogP contribution in [-0.2, 0) is 17.6 Å². The number of hydrogen-bond donors (Lipinski definition) is 1. The van der Waals surface area contributed by atoms with Gasteiger partial charge in [-0.05, 0) is 76.2 Å². The smallest absolute Gasteiger partial charge is 0.231 e. The van der Waals surface area contributed by atoms with Crippen molar-refractivity contribution in [2.75, 3.05) is 25.5 Å². The van der Waals surface area contributed by atoms with Crippen LogP contribution in [0.5, 0.6) is 0 Å². The molecule has 1 aromatic rings. The van der Waals surface area contributed by atoms with E-state index in [2.05, 4.69) is 42.4 Å². The fourth-order valence-corrected chi connectivity index (χ4v) is 3.85. The van der Waals surface area contributed by atoms with Crippen LogP contribution in [-0.4, -0.2) is 30.9 Å². The van der Waals surface area contributed by atoms with Crippen LogP contribution in [0, 0.1) is 5.41 Å². The van der Waals surface area contributed by atoms with E-state index in [9.17, 15) is 4.79 Å². The summed E-state index contributed by atoms with van der Waals surface area (Å²) in [5.74, 6) is 0.188. The molecule has 0 spiro atoms. The van der Waals surface area contributed by atoms with Crippen molar-refractivity contribution in [1.82, 2.24) is 4.90 Å². The summed E-state index contributed by atoms with van der Waals surface area (Å²) in [5.41, 5.74) is 3.58. The maximum absolute atomic E-state index is 12.8. The highest BCUT2D eigenvalue weighted by molar-refractivity contribution is 5.96. The number of rotatable bonds is 2. The summed E-state index contributed by atoms with van der Waals surface area (Å²) in [6, 6.07) is 6.35. The molecule has 1 saturated heterocycles. The van der Waals surface area contributed by atoms with E-state index < -0.39 is 0 Å². The second-order valence-electron chi connectivity index (χ2n) is 7.01. The first-order valence-electron chi connectivity index (χ1n) is 8.19. The standard InChI is InChI=1S/C18H26N2O/c1-18(11-6-12-20(2)13-18)17(21)19-16-10-5-8-14-7-3-4-9-15(14)16/h5,8,10H,3-4,6-7,9,11-13H2,1-2H3,(H,19,21). The van der Waals surface area contributed by atoms with E-state index in [0.717, 1.165) is 44.5 Å². The summed E-state index contributed by atoms with van der Waals surface area (Å²) in [5, 5.41) is 3.24. The average molecular weight is 286 g/mol. The Balaban J connectivity index is 1.79. The number of hydrogen-bond acceptors (Lipinski definition) is 2. The van der Waals surface area contributed by atoms with Crippen molar-refractivity contribution in [3.05, 3.63) is 29.3 Å². The first-order chi connectivity index (χ1) is 10.1. The lowest BCUT2D eigenvalue weighted by molar-refractivity contribution is -0.127. The van der Waals surface area contributed by atoms with Crippen LogP contribution in [0.4, 0.5) is 5.69 Å². The van der Waals surface area contributed by atoms with Gasteiger partial charge in [0.1, 0.15) is 0 Å². The SMILES string of the molecule is CN1CCCC(C)(C(=O)Nc2cccc3c2CCCC3)C1. The number of fused-ring (bicyclic) bond motifs is 1. The largest absolute Gasteiger partial charge is 0.325 e. The van der Waals surface area contributed by atoms with Crippen LogP contribution >= 0.6 is 0 Å². The molecule has 1 heterocycles. The van der Waals surface area contributed by atoms with E-state index >= 15 is 0 Å². The van der Waals surface area contributed by atoms with Gasteiger partial charge in [-0.3, -0.25) is 4.79 Å². The Bertz CT molecular complexity index is 540. The lowest BCUT2D eigenvalue weighted by Gasteiger charge is -2.37. The van der Waals surface area contributed by atoms with Gasteiger partial charge < -0.3 is 10.2 Å². The minimum Gasteiger partial charge on any atom is -0.325 e. The van der Waals surface area contributed by atoms with Crippen molar-refractivity contribution in [1.29, 1.82) is 0 Å². The zero-order valence-electron chi connectivity index (χ0n) is 13.2. The number of aryl methyl sites for hydroxylation is 1. The molecule has 1 unspecified atom stereocenters. The van der Waals surface area contributed by atoms with Gasteiger partial charge in [0.05, 0.1) is 5.41 Å². The molecule has 1 aromatic carbocycles. The molecule has 21 heavy (non-hydrogen) atoms. The quantitative estimate of drug-likeness (QED) is 0.905. The second-order valence-corrected chi connectivity index (χ2v) is 7.01. The van der Waals surface area contributed by atoms with Crippen LogP contribution in [0.25, 0.3) is 0 Å². The summed E-state index contributed by atoms with van der Waals surface area (Å²) in [7, 11) is 2.11. The highest BCUT2D eigenvalue weighted by atomic mass is 16.2. The molecule has 1 N–H and O–H groups in total. The van der Waals surface area contributed by atoms with Crippen LogP contribution in [0.1, 0.15) is 43.7 Å². The van der Waals surface area contributed by atoms with Crippen molar-refractivity contribution in [2.24, 2.45) is 5.41 Å². The van der Waals surface area contributed by atoms with E-state index in [-0.39, 0.29) is 11.3 Å². The summed E-state index contributed by atoms with van der Waals surface area (Å²) < 4.78 is 0. The fraction of sp³-hybridized carbons (Fsp3) is 0.611. The third kappa shape index (κ3) is 2.98. The molecule has 0 radical (unpaired) electrons. The third-order valence-electron chi connectivity index (χ3n) is 5.08. The molecule has 3 nitrogen and oxygen atoms in total. The van der Waals surface area contributed by atoms with E-state index in [1.807, 2.05) is 0 Å². The molecule has 0 saturated carbocycles. The summed E-state index contributed by atoms with van der Waals surface area (Å²) >= 11 is 0. The van der Waals surface area contributed by atoms with E-state index in [1.165, 1.54) is 24.0 Å². The predicted molar refractivity (Wildman–Crippen MR) is 86.6 cm³/mol. The van der Waals surface area contributed by atoms with Gasteiger partial charge in [-0.15, -0.1) is 0 Å². The van der Waals surface area contributed by atoms with Gasteiger partial charge in [-0.25, -0.2) is 0 Å². The van der Waals surface area contributed by atoms with Gasteiger partial charge in [0, 0.05) is 12.2 Å². The van der Waals surface area contributed by atoms with Gasteiger partial charge in [-0.2, -0.15) is 0 Å². The first-order valence-corrected chi connectivity index (χ1v) is 8.19. The maximum atomic E-state index is 12.8. The number of carbonyl (C=O) groups is 1. The van der Waals surface area contributed by atoms with Gasteiger partial charge in [0.25, 0.3) is 0 Å². The minimum absolute atomic E-state index is 0.188. The highest BCUT2D eigenvalue weighted by Crippen LogP contribution is 2.33. The van der Waals surface area contributed by atoms with Crippen molar-refractivity contribution in [3.8, 4) is 0 Å². The number of nitrogens with one attached hydrogen (secondary N) is 1. The number of likely N-dealkylation sites (tertiary alicyclic amines) is 1. The molecule has 0 aromatic heterocycles. The number of piperidine rings is 1. The van der Waals surface area contributed by atoms with Crippen LogP contribution < -0.4 is 5.32 Å². The van der Waals surface area contributed by atoms with Crippen molar-refractivity contribution in [3.63, 3.8) is 0 Å². The average Bonchev–Trinajstić information content (AvgIpc) is 2.47. The zero-order chi connectivity index (χ0) is 14.9. The monoisotopic (exact) mass is 286 g/mol. The molecule has 1 aliphatic carbocycles. The number of carbonyl (C=O) groups excluding carboxylic acids is 1. The Morgan fingerprint density at radius 1 is 1.24 bits per heavy atom. The molecular weight excluding hydrogens is 260 g/mol. The van der Waals surface area contributed by atoms with Gasteiger partial charge >= 0.3 is 0 Å². The predicted octanol–water partition coefficient (Wildman–Crippen LogP) is 3.24. The topological polar surface area (TPSA) is 32.3 Å². The zero-order valence-corrected chi connectivity index (χ0v) is 13.2. The van der Waals surface area contributed by atoms with Crippen LogP contribution in [0.2, 0.25) is 0 Å². The third-order valence-corrected chi connectivity index (χ3v) is 5.08. The highest BCUT2D eigenvalue weighted by Gasteiger charge is 2.37. The van der Waals surface area contributed by atoms with E-state index in [4.69, 9.17) is 0 Å². The van der Waals surface area contributed by atoms with Gasteiger partial charge in [-0.1, -0.05) is 12.1 Å².